The van der Waals surface area contributed by atoms with E-state index in [1.807, 2.05) is 0 Å². The summed E-state index contributed by atoms with van der Waals surface area (Å²) in [4.78, 5) is 16.6. The number of benzene rings is 1. The molecular weight excluding hydrogens is 487 g/mol. The van der Waals surface area contributed by atoms with E-state index >= 15 is 4.39 Å². The van der Waals surface area contributed by atoms with E-state index in [0.29, 0.717) is 51.8 Å². The number of rotatable bonds is 2. The van der Waals surface area contributed by atoms with Gasteiger partial charge in [-0.2, -0.15) is 0 Å². The summed E-state index contributed by atoms with van der Waals surface area (Å²) in [6, 6.07) is 3.51. The summed E-state index contributed by atoms with van der Waals surface area (Å²) in [5, 5.41) is 4.73. The molecule has 3 aliphatic rings. The number of nitrogens with two attached hydrogens (primary N) is 1. The van der Waals surface area contributed by atoms with Crippen molar-refractivity contribution in [1.29, 1.82) is 0 Å². The van der Waals surface area contributed by atoms with Gasteiger partial charge in [-0.3, -0.25) is 4.98 Å². The third-order valence-corrected chi connectivity index (χ3v) is 7.90. The van der Waals surface area contributed by atoms with Crippen LogP contribution in [0.2, 0.25) is 5.02 Å². The Labute approximate surface area is 223 Å². The van der Waals surface area contributed by atoms with E-state index in [9.17, 15) is 0 Å². The minimum atomic E-state index is -0.436. The highest BCUT2D eigenvalue weighted by atomic mass is 35.5. The van der Waals surface area contributed by atoms with Gasteiger partial charge in [0.2, 0.25) is 0 Å². The lowest BCUT2D eigenvalue weighted by molar-refractivity contribution is 0.386. The number of fused-ring (bicyclic) bond motifs is 8. The Balaban J connectivity index is 1.68. The van der Waals surface area contributed by atoms with Gasteiger partial charge < -0.3 is 16.0 Å². The van der Waals surface area contributed by atoms with Crippen molar-refractivity contribution in [3.8, 4) is 11.3 Å². The van der Waals surface area contributed by atoms with E-state index in [1.54, 1.807) is 18.3 Å². The van der Waals surface area contributed by atoms with Crippen LogP contribution in [0, 0.1) is 11.7 Å². The summed E-state index contributed by atoms with van der Waals surface area (Å²) in [5.41, 5.74) is 9.78. The predicted octanol–water partition coefficient (Wildman–Crippen LogP) is 6.46. The second kappa shape index (κ2) is 11.2. The molecule has 0 aliphatic carbocycles. The normalized spacial score (nSPS) is 18.9. The van der Waals surface area contributed by atoms with Gasteiger partial charge in [0.25, 0.3) is 0 Å². The predicted molar refractivity (Wildman–Crippen MR) is 150 cm³/mol. The number of piperidine rings is 1. The van der Waals surface area contributed by atoms with Crippen molar-refractivity contribution < 1.29 is 4.39 Å². The second-order valence-electron chi connectivity index (χ2n) is 10.4. The molecule has 0 amide bonds. The van der Waals surface area contributed by atoms with Crippen LogP contribution in [-0.2, 0) is 12.8 Å². The number of nitrogens with one attached hydrogen (secondary N) is 1. The average Bonchev–Trinajstić information content (AvgIpc) is 2.87. The number of anilines is 2. The second-order valence-corrected chi connectivity index (χ2v) is 10.8. The lowest BCUT2D eigenvalue weighted by atomic mass is 9.94. The molecule has 1 saturated heterocycles. The molecule has 0 radical (unpaired) electrons. The lowest BCUT2D eigenvalue weighted by Gasteiger charge is -2.34. The van der Waals surface area contributed by atoms with E-state index < -0.39 is 5.82 Å². The molecule has 6 nitrogen and oxygen atoms in total. The van der Waals surface area contributed by atoms with Gasteiger partial charge in [0.05, 0.1) is 5.39 Å². The molecule has 3 aromatic rings. The fourth-order valence-electron chi connectivity index (χ4n) is 5.65. The zero-order valence-corrected chi connectivity index (χ0v) is 22.4. The van der Waals surface area contributed by atoms with Gasteiger partial charge in [-0.05, 0) is 75.0 Å². The molecule has 6 rings (SSSR count). The smallest absolute Gasteiger partial charge is 0.175 e. The number of pyridine rings is 1. The van der Waals surface area contributed by atoms with Crippen LogP contribution < -0.4 is 16.0 Å². The van der Waals surface area contributed by atoms with Crippen LogP contribution in [0.4, 0.5) is 15.9 Å². The quantitative estimate of drug-likeness (QED) is 0.376. The van der Waals surface area contributed by atoms with Gasteiger partial charge in [-0.1, -0.05) is 25.1 Å². The van der Waals surface area contributed by atoms with Crippen molar-refractivity contribution >= 4 is 34.0 Å². The van der Waals surface area contributed by atoms with E-state index in [0.717, 1.165) is 75.2 Å². The SMILES string of the molecule is C=C1CCCCc2c(Cl)cc(N)cc2-c2ncc3c(nc(CCC)nc3c2F)N2CCCC(CCN1)C2. The van der Waals surface area contributed by atoms with E-state index in [4.69, 9.17) is 27.3 Å². The Morgan fingerprint density at radius 2 is 2.03 bits per heavy atom. The Morgan fingerprint density at radius 3 is 2.86 bits per heavy atom. The Bertz CT molecular complexity index is 1310. The Kier molecular flexibility index (Phi) is 7.79. The number of hydrogen-bond donors (Lipinski definition) is 2. The molecule has 3 N–H and O–H groups in total. The van der Waals surface area contributed by atoms with Crippen LogP contribution in [0.3, 0.4) is 0 Å². The van der Waals surface area contributed by atoms with Crippen molar-refractivity contribution in [3.05, 3.63) is 52.8 Å². The molecule has 8 heteroatoms. The lowest BCUT2D eigenvalue weighted by Crippen LogP contribution is -2.37. The van der Waals surface area contributed by atoms with Gasteiger partial charge in [0.15, 0.2) is 5.82 Å². The molecule has 1 aromatic carbocycles. The van der Waals surface area contributed by atoms with E-state index in [2.05, 4.69) is 28.7 Å². The summed E-state index contributed by atoms with van der Waals surface area (Å²) in [6.45, 7) is 9.02. The van der Waals surface area contributed by atoms with Crippen molar-refractivity contribution in [2.45, 2.75) is 64.7 Å². The molecule has 0 saturated carbocycles. The van der Waals surface area contributed by atoms with Crippen molar-refractivity contribution in [2.24, 2.45) is 5.92 Å². The minimum Gasteiger partial charge on any atom is -0.399 e. The highest BCUT2D eigenvalue weighted by molar-refractivity contribution is 6.32. The van der Waals surface area contributed by atoms with Crippen LogP contribution in [-0.4, -0.2) is 34.6 Å². The topological polar surface area (TPSA) is 80.0 Å². The first-order valence-electron chi connectivity index (χ1n) is 13.5. The molecule has 1 unspecified atom stereocenters. The fraction of sp³-hybridized carbons (Fsp3) is 0.483. The largest absolute Gasteiger partial charge is 0.399 e. The third-order valence-electron chi connectivity index (χ3n) is 7.56. The number of nitrogens with zero attached hydrogens (tertiary/aromatic N) is 4. The number of allylic oxidation sites excluding steroid dienone is 1. The maximum Gasteiger partial charge on any atom is 0.175 e. The first-order valence-corrected chi connectivity index (χ1v) is 13.9. The first-order chi connectivity index (χ1) is 17.9. The molecular formula is C29H36ClFN6. The van der Waals surface area contributed by atoms with Gasteiger partial charge in [-0.15, -0.1) is 0 Å². The highest BCUT2D eigenvalue weighted by Gasteiger charge is 2.26. The molecule has 196 valence electrons. The molecule has 1 fully saturated rings. The van der Waals surface area contributed by atoms with Crippen LogP contribution >= 0.6 is 11.6 Å². The molecule has 1 atom stereocenters. The maximum atomic E-state index is 16.3. The number of aromatic nitrogens is 3. The highest BCUT2D eigenvalue weighted by Crippen LogP contribution is 2.37. The summed E-state index contributed by atoms with van der Waals surface area (Å²) in [7, 11) is 0. The molecule has 5 heterocycles. The fourth-order valence-corrected chi connectivity index (χ4v) is 5.97. The summed E-state index contributed by atoms with van der Waals surface area (Å²) < 4.78 is 16.3. The van der Waals surface area contributed by atoms with Gasteiger partial charge >= 0.3 is 0 Å². The molecule has 6 bridgehead atoms. The van der Waals surface area contributed by atoms with Crippen molar-refractivity contribution in [2.75, 3.05) is 30.3 Å². The number of halogens is 2. The van der Waals surface area contributed by atoms with Crippen LogP contribution in [0.5, 0.6) is 0 Å². The van der Waals surface area contributed by atoms with Gasteiger partial charge in [0.1, 0.15) is 22.9 Å². The first kappa shape index (κ1) is 25.7. The summed E-state index contributed by atoms with van der Waals surface area (Å²) in [5.74, 6) is 1.57. The molecule has 2 aromatic heterocycles. The number of hydrogen-bond acceptors (Lipinski definition) is 6. The van der Waals surface area contributed by atoms with Crippen LogP contribution in [0.1, 0.15) is 63.3 Å². The van der Waals surface area contributed by atoms with Crippen molar-refractivity contribution in [3.63, 3.8) is 0 Å². The molecule has 3 aliphatic heterocycles. The standard InChI is InChI=1S/C29H36ClFN6/c1-3-7-25-35-28-23-16-34-27(26(28)31)22-14-20(32)15-24(30)21(22)10-5-4-8-18(2)33-12-11-19-9-6-13-37(17-19)29(23)36-25/h14-16,19,33H,2-13,17,32H2,1H3. The number of nitrogen functional groups attached to an aromatic ring is 1. The van der Waals surface area contributed by atoms with Gasteiger partial charge in [0, 0.05) is 54.2 Å². The average molecular weight is 523 g/mol. The number of aryl methyl sites for hydroxylation is 1. The maximum absolute atomic E-state index is 16.3. The van der Waals surface area contributed by atoms with E-state index in [-0.39, 0.29) is 5.69 Å². The zero-order chi connectivity index (χ0) is 25.9. The van der Waals surface area contributed by atoms with Crippen LogP contribution in [0.15, 0.2) is 30.6 Å². The molecule has 37 heavy (non-hydrogen) atoms. The minimum absolute atomic E-state index is 0.243. The van der Waals surface area contributed by atoms with E-state index in [1.165, 1.54) is 6.42 Å². The molecule has 0 spiro atoms. The van der Waals surface area contributed by atoms with Gasteiger partial charge in [-0.25, -0.2) is 14.4 Å². The Morgan fingerprint density at radius 1 is 1.19 bits per heavy atom. The summed E-state index contributed by atoms with van der Waals surface area (Å²) >= 11 is 6.65. The van der Waals surface area contributed by atoms with Crippen molar-refractivity contribution in [1.82, 2.24) is 20.3 Å². The summed E-state index contributed by atoms with van der Waals surface area (Å²) in [6.07, 6.45) is 10.1. The monoisotopic (exact) mass is 522 g/mol. The third kappa shape index (κ3) is 5.52. The zero-order valence-electron chi connectivity index (χ0n) is 21.6. The van der Waals surface area contributed by atoms with Crippen LogP contribution in [0.25, 0.3) is 22.2 Å². The Hall–Kier alpha value is -2.93.